The Bertz CT molecular complexity index is 1380. The van der Waals surface area contributed by atoms with Gasteiger partial charge >= 0.3 is 0 Å². The molecule has 0 aromatic heterocycles. The molecule has 5 nitrogen and oxygen atoms in total. The Morgan fingerprint density at radius 1 is 1.00 bits per heavy atom. The second-order valence-electron chi connectivity index (χ2n) is 10.4. The van der Waals surface area contributed by atoms with Gasteiger partial charge in [-0.25, -0.2) is 0 Å². The minimum Gasteiger partial charge on any atom is -0.357 e. The number of carbonyl (C=O) groups excluding carboxylic acids is 2. The maximum absolute atomic E-state index is 13.7. The molecule has 0 saturated heterocycles. The number of rotatable bonds is 5. The molecule has 1 atom stereocenters. The average molecular weight is 534 g/mol. The van der Waals surface area contributed by atoms with Gasteiger partial charge < -0.3 is 15.5 Å². The van der Waals surface area contributed by atoms with Crippen molar-refractivity contribution in [3.63, 3.8) is 0 Å². The molecule has 0 radical (unpaired) electrons. The number of amides is 1. The lowest BCUT2D eigenvalue weighted by Gasteiger charge is -2.38. The van der Waals surface area contributed by atoms with Gasteiger partial charge in [-0.15, -0.1) is 0 Å². The van der Waals surface area contributed by atoms with E-state index in [0.29, 0.717) is 35.0 Å². The fourth-order valence-corrected chi connectivity index (χ4v) is 5.57. The minimum atomic E-state index is -0.507. The van der Waals surface area contributed by atoms with Gasteiger partial charge in [-0.3, -0.25) is 9.59 Å². The third-order valence-electron chi connectivity index (χ3n) is 6.91. The summed E-state index contributed by atoms with van der Waals surface area (Å²) in [5.74, 6) is -0.0753. The second kappa shape index (κ2) is 10.2. The van der Waals surface area contributed by atoms with E-state index in [1.54, 1.807) is 12.1 Å². The Balaban J connectivity index is 1.60. The van der Waals surface area contributed by atoms with Crippen LogP contribution in [0.4, 0.5) is 11.4 Å². The predicted octanol–water partition coefficient (Wildman–Crippen LogP) is 6.93. The van der Waals surface area contributed by atoms with Crippen molar-refractivity contribution in [1.82, 2.24) is 5.32 Å². The van der Waals surface area contributed by atoms with Crippen LogP contribution in [0.3, 0.4) is 0 Å². The predicted molar refractivity (Wildman–Crippen MR) is 150 cm³/mol. The zero-order valence-electron chi connectivity index (χ0n) is 20.9. The number of hydrogen-bond acceptors (Lipinski definition) is 4. The molecule has 1 unspecified atom stereocenters. The van der Waals surface area contributed by atoms with Crippen LogP contribution < -0.4 is 15.5 Å². The van der Waals surface area contributed by atoms with Crippen LogP contribution in [0.15, 0.2) is 84.1 Å². The van der Waals surface area contributed by atoms with Gasteiger partial charge in [-0.2, -0.15) is 0 Å². The molecule has 1 amide bonds. The van der Waals surface area contributed by atoms with E-state index in [1.165, 1.54) is 0 Å². The largest absolute Gasteiger partial charge is 0.357 e. The lowest BCUT2D eigenvalue weighted by molar-refractivity contribution is -0.120. The van der Waals surface area contributed by atoms with Crippen LogP contribution >= 0.6 is 23.2 Å². The fraction of sp³-hybridized carbons (Fsp3) is 0.267. The van der Waals surface area contributed by atoms with Crippen molar-refractivity contribution in [3.05, 3.63) is 105 Å². The first-order valence-electron chi connectivity index (χ1n) is 12.4. The molecule has 2 N–H and O–H groups in total. The summed E-state index contributed by atoms with van der Waals surface area (Å²) in [7, 11) is 0. The van der Waals surface area contributed by atoms with E-state index in [1.807, 2.05) is 65.6 Å². The lowest BCUT2D eigenvalue weighted by Crippen LogP contribution is -2.41. The second-order valence-corrected chi connectivity index (χ2v) is 11.3. The smallest absolute Gasteiger partial charge is 0.239 e. The normalized spacial score (nSPS) is 18.4. The number of benzene rings is 3. The van der Waals surface area contributed by atoms with Crippen molar-refractivity contribution in [2.45, 2.75) is 39.3 Å². The lowest BCUT2D eigenvalue weighted by atomic mass is 9.73. The Morgan fingerprint density at radius 2 is 1.73 bits per heavy atom. The topological polar surface area (TPSA) is 61.4 Å². The van der Waals surface area contributed by atoms with Crippen LogP contribution in [0.25, 0.3) is 0 Å². The summed E-state index contributed by atoms with van der Waals surface area (Å²) in [4.78, 5) is 29.1. The van der Waals surface area contributed by atoms with Crippen molar-refractivity contribution in [2.24, 2.45) is 5.41 Å². The quantitative estimate of drug-likeness (QED) is 0.373. The highest BCUT2D eigenvalue weighted by Crippen LogP contribution is 2.48. The van der Waals surface area contributed by atoms with Gasteiger partial charge in [-0.1, -0.05) is 85.6 Å². The van der Waals surface area contributed by atoms with Crippen molar-refractivity contribution < 1.29 is 9.59 Å². The van der Waals surface area contributed by atoms with Gasteiger partial charge in [0, 0.05) is 24.2 Å². The zero-order chi connectivity index (χ0) is 26.2. The highest BCUT2D eigenvalue weighted by Gasteiger charge is 2.42. The fourth-order valence-electron chi connectivity index (χ4n) is 5.26. The summed E-state index contributed by atoms with van der Waals surface area (Å²) in [5.41, 5.74) is 4.91. The summed E-state index contributed by atoms with van der Waals surface area (Å²) in [6.45, 7) is 4.70. The molecular weight excluding hydrogens is 505 g/mol. The molecule has 0 saturated carbocycles. The van der Waals surface area contributed by atoms with Crippen LogP contribution in [0, 0.1) is 5.41 Å². The summed E-state index contributed by atoms with van der Waals surface area (Å²) >= 11 is 12.7. The molecule has 2 aliphatic rings. The maximum Gasteiger partial charge on any atom is 0.239 e. The molecule has 0 spiro atoms. The van der Waals surface area contributed by atoms with E-state index in [4.69, 9.17) is 23.2 Å². The number of carbonyl (C=O) groups is 2. The molecule has 3 aromatic carbocycles. The van der Waals surface area contributed by atoms with Gasteiger partial charge in [0.25, 0.3) is 0 Å². The first kappa shape index (κ1) is 25.4. The number of anilines is 2. The molecule has 0 bridgehead atoms. The molecule has 1 aliphatic heterocycles. The number of nitrogens with zero attached hydrogens (tertiary/aromatic N) is 1. The minimum absolute atomic E-state index is 0.0594. The molecule has 0 fully saturated rings. The summed E-state index contributed by atoms with van der Waals surface area (Å²) in [5, 5.41) is 7.44. The maximum atomic E-state index is 13.7. The van der Waals surface area contributed by atoms with Crippen molar-refractivity contribution in [2.75, 3.05) is 16.8 Å². The number of nitrogens with one attached hydrogen (secondary N) is 2. The molecule has 7 heteroatoms. The monoisotopic (exact) mass is 533 g/mol. The van der Waals surface area contributed by atoms with E-state index in [9.17, 15) is 9.59 Å². The van der Waals surface area contributed by atoms with Crippen LogP contribution in [0.5, 0.6) is 0 Å². The van der Waals surface area contributed by atoms with Gasteiger partial charge in [0.2, 0.25) is 5.91 Å². The van der Waals surface area contributed by atoms with Crippen molar-refractivity contribution in [1.29, 1.82) is 0 Å². The van der Waals surface area contributed by atoms with Crippen LogP contribution in [0.1, 0.15) is 43.9 Å². The number of fused-ring (bicyclic) bond motifs is 1. The van der Waals surface area contributed by atoms with E-state index in [0.717, 1.165) is 28.2 Å². The van der Waals surface area contributed by atoms with Gasteiger partial charge in [0.15, 0.2) is 5.78 Å². The number of ketones is 1. The molecule has 37 heavy (non-hydrogen) atoms. The Kier molecular flexibility index (Phi) is 7.02. The summed E-state index contributed by atoms with van der Waals surface area (Å²) < 4.78 is 0. The molecule has 3 aromatic rings. The first-order valence-corrected chi connectivity index (χ1v) is 13.1. The summed E-state index contributed by atoms with van der Waals surface area (Å²) in [6.07, 6.45) is 1.14. The van der Waals surface area contributed by atoms with E-state index < -0.39 is 6.04 Å². The van der Waals surface area contributed by atoms with E-state index in [-0.39, 0.29) is 23.7 Å². The molecule has 190 valence electrons. The van der Waals surface area contributed by atoms with Crippen molar-refractivity contribution in [3.8, 4) is 0 Å². The number of para-hydroxylation sites is 2. The van der Waals surface area contributed by atoms with Gasteiger partial charge in [-0.05, 0) is 47.2 Å². The van der Waals surface area contributed by atoms with Crippen molar-refractivity contribution >= 4 is 46.3 Å². The molecular formula is C30H29Cl2N3O2. The van der Waals surface area contributed by atoms with Gasteiger partial charge in [0.1, 0.15) is 0 Å². The third-order valence-corrected chi connectivity index (χ3v) is 7.65. The Labute approximate surface area is 227 Å². The highest BCUT2D eigenvalue weighted by atomic mass is 35.5. The number of halogens is 2. The van der Waals surface area contributed by atoms with Gasteiger partial charge in [0.05, 0.1) is 34.0 Å². The Morgan fingerprint density at radius 3 is 2.49 bits per heavy atom. The number of Topliss-reactive ketones (excluding diaryl/α,β-unsaturated/α-hetero) is 1. The molecule has 1 aliphatic carbocycles. The molecule has 5 rings (SSSR count). The van der Waals surface area contributed by atoms with E-state index >= 15 is 0 Å². The first-order chi connectivity index (χ1) is 17.7. The third kappa shape index (κ3) is 5.39. The van der Waals surface area contributed by atoms with Crippen LogP contribution in [-0.2, 0) is 16.1 Å². The Hall–Kier alpha value is -3.28. The number of hydrogen-bond donors (Lipinski definition) is 2. The standard InChI is InChI=1S/C30H29Cl2N3O2/c1-30(2)15-24-28(26(36)16-30)29(20-12-13-21(31)22(32)14-20)35(25-11-7-6-10-23(25)34-24)18-27(37)33-17-19-8-4-3-5-9-19/h3-14,29,34H,15-18H2,1-2H3,(H,33,37). The molecule has 1 heterocycles. The van der Waals surface area contributed by atoms with Crippen LogP contribution in [0.2, 0.25) is 10.0 Å². The highest BCUT2D eigenvalue weighted by molar-refractivity contribution is 6.42. The average Bonchev–Trinajstić information content (AvgIpc) is 2.99. The SMILES string of the molecule is CC1(C)CC(=O)C2=C(C1)Nc1ccccc1N(CC(=O)NCc1ccccc1)C2c1ccc(Cl)c(Cl)c1. The summed E-state index contributed by atoms with van der Waals surface area (Å²) in [6, 6.07) is 22.6. The van der Waals surface area contributed by atoms with E-state index in [2.05, 4.69) is 24.5 Å². The number of allylic oxidation sites excluding steroid dienone is 1. The zero-order valence-corrected chi connectivity index (χ0v) is 22.4. The van der Waals surface area contributed by atoms with Crippen LogP contribution in [-0.4, -0.2) is 18.2 Å².